The Morgan fingerprint density at radius 1 is 1.31 bits per heavy atom. The third-order valence-corrected chi connectivity index (χ3v) is 3.65. The summed E-state index contributed by atoms with van der Waals surface area (Å²) in [5.41, 5.74) is 1.41. The maximum Gasteiger partial charge on any atom is 0.377 e. The summed E-state index contributed by atoms with van der Waals surface area (Å²) in [7, 11) is -0.386. The zero-order valence-electron chi connectivity index (χ0n) is 10.4. The van der Waals surface area contributed by atoms with Crippen molar-refractivity contribution >= 4 is 7.05 Å². The summed E-state index contributed by atoms with van der Waals surface area (Å²) in [6, 6.07) is 10.8. The summed E-state index contributed by atoms with van der Waals surface area (Å²) in [5.74, 6) is 0. The normalized spacial score (nSPS) is 24.6. The lowest BCUT2D eigenvalue weighted by Gasteiger charge is -2.37. The zero-order valence-corrected chi connectivity index (χ0v) is 10.4. The molecule has 0 amide bonds. The summed E-state index contributed by atoms with van der Waals surface area (Å²) < 4.78 is 0. The van der Waals surface area contributed by atoms with Crippen LogP contribution in [0, 0.1) is 0 Å². The summed E-state index contributed by atoms with van der Waals surface area (Å²) in [4.78, 5) is 2.22. The van der Waals surface area contributed by atoms with Gasteiger partial charge in [-0.1, -0.05) is 30.3 Å². The maximum absolute atomic E-state index is 9.95. The third kappa shape index (κ3) is 2.02. The van der Waals surface area contributed by atoms with Crippen molar-refractivity contribution in [3.63, 3.8) is 0 Å². The molecule has 0 spiro atoms. The highest BCUT2D eigenvalue weighted by Gasteiger charge is 2.43. The molecule has 1 aliphatic heterocycles. The Kier molecular flexibility index (Phi) is 3.09. The lowest BCUT2D eigenvalue weighted by molar-refractivity contribution is 0.215. The van der Waals surface area contributed by atoms with Crippen molar-refractivity contribution in [2.75, 3.05) is 0 Å². The molecule has 1 heterocycles. The van der Waals surface area contributed by atoms with Gasteiger partial charge < -0.3 is 9.83 Å². The minimum atomic E-state index is -0.386. The fourth-order valence-corrected chi connectivity index (χ4v) is 2.95. The first kappa shape index (κ1) is 11.7. The number of benzene rings is 1. The Morgan fingerprint density at radius 2 is 1.94 bits per heavy atom. The molecule has 1 atom stereocenters. The summed E-state index contributed by atoms with van der Waals surface area (Å²) >= 11 is 0. The van der Waals surface area contributed by atoms with Crippen LogP contribution >= 0.6 is 0 Å². The first-order valence-electron chi connectivity index (χ1n) is 6.04. The van der Waals surface area contributed by atoms with Crippen molar-refractivity contribution < 1.29 is 5.02 Å². The second kappa shape index (κ2) is 4.23. The Morgan fingerprint density at radius 3 is 2.50 bits per heavy atom. The van der Waals surface area contributed by atoms with Crippen molar-refractivity contribution in [3.8, 4) is 0 Å². The van der Waals surface area contributed by atoms with Gasteiger partial charge in [-0.15, -0.1) is 0 Å². The average Bonchev–Trinajstić information content (AvgIpc) is 2.55. The van der Waals surface area contributed by atoms with Crippen LogP contribution in [-0.4, -0.2) is 22.4 Å². The van der Waals surface area contributed by atoms with Gasteiger partial charge >= 0.3 is 7.05 Å². The molecule has 16 heavy (non-hydrogen) atoms. The molecule has 0 saturated carbocycles. The number of rotatable bonds is 2. The molecule has 1 saturated heterocycles. The molecule has 1 aromatic carbocycles. The van der Waals surface area contributed by atoms with E-state index in [0.717, 1.165) is 12.8 Å². The SMILES string of the molecule is CB(O)N1C(c2ccccc2)CCC1(C)C. The topological polar surface area (TPSA) is 23.5 Å². The second-order valence-electron chi connectivity index (χ2n) is 5.32. The smallest absolute Gasteiger partial charge is 0.377 e. The third-order valence-electron chi connectivity index (χ3n) is 3.65. The highest BCUT2D eigenvalue weighted by Crippen LogP contribution is 2.42. The van der Waals surface area contributed by atoms with E-state index in [0.29, 0.717) is 6.04 Å². The predicted octanol–water partition coefficient (Wildman–Crippen LogP) is 2.71. The Labute approximate surface area is 98.4 Å². The van der Waals surface area contributed by atoms with Crippen LogP contribution in [0.25, 0.3) is 0 Å². The van der Waals surface area contributed by atoms with Gasteiger partial charge in [-0.3, -0.25) is 0 Å². The van der Waals surface area contributed by atoms with Crippen molar-refractivity contribution in [2.24, 2.45) is 0 Å². The van der Waals surface area contributed by atoms with Gasteiger partial charge in [-0.05, 0) is 39.1 Å². The van der Waals surface area contributed by atoms with E-state index in [1.165, 1.54) is 5.56 Å². The molecule has 0 aliphatic carbocycles. The minimum absolute atomic E-state index is 0.0919. The molecule has 1 aromatic rings. The molecular weight excluding hydrogens is 197 g/mol. The fraction of sp³-hybridized carbons (Fsp3) is 0.538. The van der Waals surface area contributed by atoms with Gasteiger partial charge in [-0.2, -0.15) is 0 Å². The molecule has 1 N–H and O–H groups in total. The molecule has 0 bridgehead atoms. The molecule has 0 radical (unpaired) electrons. The summed E-state index contributed by atoms with van der Waals surface area (Å²) in [6.45, 7) is 6.29. The van der Waals surface area contributed by atoms with Crippen molar-refractivity contribution in [1.82, 2.24) is 4.81 Å². The molecule has 86 valence electrons. The standard InChI is InChI=1S/C13H20BNO/c1-13(2)10-9-12(15(13)14(3)16)11-7-5-4-6-8-11/h4-8,12,16H,9-10H2,1-3H3. The van der Waals surface area contributed by atoms with Crippen LogP contribution in [0.2, 0.25) is 6.82 Å². The average molecular weight is 217 g/mol. The maximum atomic E-state index is 9.95. The van der Waals surface area contributed by atoms with Gasteiger partial charge in [-0.25, -0.2) is 0 Å². The van der Waals surface area contributed by atoms with E-state index in [1.54, 1.807) is 0 Å². The van der Waals surface area contributed by atoms with Crippen molar-refractivity contribution in [2.45, 2.75) is 45.1 Å². The predicted molar refractivity (Wildman–Crippen MR) is 68.2 cm³/mol. The van der Waals surface area contributed by atoms with Crippen LogP contribution in [0.1, 0.15) is 38.3 Å². The first-order valence-corrected chi connectivity index (χ1v) is 6.04. The Balaban J connectivity index is 2.29. The van der Waals surface area contributed by atoms with Crippen molar-refractivity contribution in [1.29, 1.82) is 0 Å². The van der Waals surface area contributed by atoms with Gasteiger partial charge in [0.05, 0.1) is 0 Å². The largest absolute Gasteiger partial charge is 0.437 e. The van der Waals surface area contributed by atoms with E-state index in [1.807, 2.05) is 12.9 Å². The van der Waals surface area contributed by atoms with Crippen LogP contribution in [-0.2, 0) is 0 Å². The number of hydrogen-bond acceptors (Lipinski definition) is 2. The van der Waals surface area contributed by atoms with Crippen LogP contribution in [0.15, 0.2) is 30.3 Å². The second-order valence-corrected chi connectivity index (χ2v) is 5.32. The summed E-state index contributed by atoms with van der Waals surface area (Å²) in [6.07, 6.45) is 2.26. The van der Waals surface area contributed by atoms with Crippen molar-refractivity contribution in [3.05, 3.63) is 35.9 Å². The van der Waals surface area contributed by atoms with E-state index < -0.39 is 0 Å². The number of hydrogen-bond donors (Lipinski definition) is 1. The van der Waals surface area contributed by atoms with E-state index >= 15 is 0 Å². The first-order chi connectivity index (χ1) is 7.52. The summed E-state index contributed by atoms with van der Waals surface area (Å²) in [5, 5.41) is 9.95. The molecule has 2 nitrogen and oxygen atoms in total. The van der Waals surface area contributed by atoms with E-state index in [4.69, 9.17) is 0 Å². The van der Waals surface area contributed by atoms with Gasteiger partial charge in [0.15, 0.2) is 0 Å². The molecular formula is C13H20BNO. The quantitative estimate of drug-likeness (QED) is 0.770. The van der Waals surface area contributed by atoms with Gasteiger partial charge in [0.25, 0.3) is 0 Å². The molecule has 0 aromatic heterocycles. The monoisotopic (exact) mass is 217 g/mol. The highest BCUT2D eigenvalue weighted by atomic mass is 16.2. The van der Waals surface area contributed by atoms with Crippen LogP contribution in [0.5, 0.6) is 0 Å². The fourth-order valence-electron chi connectivity index (χ4n) is 2.95. The molecule has 3 heteroatoms. The Bertz CT molecular complexity index is 350. The Hall–Kier alpha value is -0.795. The molecule has 1 unspecified atom stereocenters. The minimum Gasteiger partial charge on any atom is -0.437 e. The van der Waals surface area contributed by atoms with Crippen LogP contribution in [0.4, 0.5) is 0 Å². The zero-order chi connectivity index (χ0) is 11.8. The van der Waals surface area contributed by atoms with E-state index in [2.05, 4.69) is 42.9 Å². The lowest BCUT2D eigenvalue weighted by atomic mass is 9.79. The molecule has 2 rings (SSSR count). The highest BCUT2D eigenvalue weighted by molar-refractivity contribution is 6.45. The number of nitrogens with zero attached hydrogens (tertiary/aromatic N) is 1. The van der Waals surface area contributed by atoms with Crippen LogP contribution < -0.4 is 0 Å². The van der Waals surface area contributed by atoms with E-state index in [-0.39, 0.29) is 12.6 Å². The van der Waals surface area contributed by atoms with Gasteiger partial charge in [0.2, 0.25) is 0 Å². The molecule has 1 fully saturated rings. The van der Waals surface area contributed by atoms with Crippen LogP contribution in [0.3, 0.4) is 0 Å². The molecule has 1 aliphatic rings. The van der Waals surface area contributed by atoms with E-state index in [9.17, 15) is 5.02 Å². The van der Waals surface area contributed by atoms with Gasteiger partial charge in [0, 0.05) is 11.6 Å². The lowest BCUT2D eigenvalue weighted by Crippen LogP contribution is -2.48. The van der Waals surface area contributed by atoms with Gasteiger partial charge in [0.1, 0.15) is 0 Å².